The van der Waals surface area contributed by atoms with Crippen molar-refractivity contribution < 1.29 is 14.7 Å². The zero-order valence-electron chi connectivity index (χ0n) is 15.5. The van der Waals surface area contributed by atoms with Crippen molar-refractivity contribution >= 4 is 29.3 Å². The van der Waals surface area contributed by atoms with Crippen molar-refractivity contribution in [2.75, 3.05) is 11.1 Å². The van der Waals surface area contributed by atoms with Gasteiger partial charge in [-0.15, -0.1) is 10.2 Å². The van der Waals surface area contributed by atoms with Crippen LogP contribution < -0.4 is 10.4 Å². The summed E-state index contributed by atoms with van der Waals surface area (Å²) in [7, 11) is 0. The summed E-state index contributed by atoms with van der Waals surface area (Å²) in [5.41, 5.74) is 2.55. The van der Waals surface area contributed by atoms with E-state index in [1.807, 2.05) is 42.7 Å². The number of aromatic carboxylic acids is 1. The summed E-state index contributed by atoms with van der Waals surface area (Å²) in [6.45, 7) is 4.70. The second-order valence-corrected chi connectivity index (χ2v) is 7.06. The van der Waals surface area contributed by atoms with Crippen LogP contribution in [0.4, 0.5) is 5.69 Å². The molecule has 1 amide bonds. The highest BCUT2D eigenvalue weighted by atomic mass is 32.2. The molecule has 0 aliphatic carbocycles. The molecule has 7 nitrogen and oxygen atoms in total. The summed E-state index contributed by atoms with van der Waals surface area (Å²) in [6.07, 6.45) is 0. The number of nitrogens with zero attached hydrogens (tertiary/aromatic N) is 3. The molecule has 0 radical (unpaired) electrons. The Morgan fingerprint density at radius 1 is 1.14 bits per heavy atom. The highest BCUT2D eigenvalue weighted by Gasteiger charge is 2.14. The highest BCUT2D eigenvalue weighted by Crippen LogP contribution is 2.24. The molecule has 0 saturated carbocycles. The summed E-state index contributed by atoms with van der Waals surface area (Å²) in [4.78, 5) is 23.1. The molecule has 144 valence electrons. The Balaban J connectivity index is 1.67. The molecule has 3 aromatic rings. The van der Waals surface area contributed by atoms with E-state index in [2.05, 4.69) is 15.5 Å². The van der Waals surface area contributed by atoms with Crippen LogP contribution in [-0.2, 0) is 11.3 Å². The van der Waals surface area contributed by atoms with E-state index < -0.39 is 5.97 Å². The van der Waals surface area contributed by atoms with Crippen molar-refractivity contribution in [1.29, 1.82) is 0 Å². The SMILES string of the molecule is CCn1c(SCC(=O)Nc2cccc(C(=O)[O-])c2)nnc1-c1ccc(C)cc1. The van der Waals surface area contributed by atoms with Crippen LogP contribution in [0.25, 0.3) is 11.4 Å². The van der Waals surface area contributed by atoms with Crippen molar-refractivity contribution in [3.63, 3.8) is 0 Å². The summed E-state index contributed by atoms with van der Waals surface area (Å²) in [5.74, 6) is -0.665. The molecule has 1 N–H and O–H groups in total. The predicted octanol–water partition coefficient (Wildman–Crippen LogP) is 2.37. The second-order valence-electron chi connectivity index (χ2n) is 6.12. The molecule has 0 bridgehead atoms. The minimum atomic E-state index is -1.29. The first-order valence-corrected chi connectivity index (χ1v) is 9.70. The summed E-state index contributed by atoms with van der Waals surface area (Å²) < 4.78 is 1.96. The van der Waals surface area contributed by atoms with Crippen LogP contribution in [0.3, 0.4) is 0 Å². The topological polar surface area (TPSA) is 99.9 Å². The van der Waals surface area contributed by atoms with Crippen molar-refractivity contribution in [3.8, 4) is 11.4 Å². The number of amides is 1. The molecule has 0 aliphatic rings. The zero-order chi connectivity index (χ0) is 20.1. The smallest absolute Gasteiger partial charge is 0.234 e. The standard InChI is InChI=1S/C20H20N4O3S/c1-3-24-18(14-9-7-13(2)8-10-14)22-23-20(24)28-12-17(25)21-16-6-4-5-15(11-16)19(26)27/h4-11H,3,12H2,1-2H3,(H,21,25)(H,26,27)/p-1. The third-order valence-electron chi connectivity index (χ3n) is 4.06. The minimum absolute atomic E-state index is 0.0129. The minimum Gasteiger partial charge on any atom is -0.545 e. The molecule has 0 fully saturated rings. The van der Waals surface area contributed by atoms with Gasteiger partial charge in [0.2, 0.25) is 5.91 Å². The molecule has 0 aliphatic heterocycles. The van der Waals surface area contributed by atoms with Crippen LogP contribution >= 0.6 is 11.8 Å². The van der Waals surface area contributed by atoms with E-state index in [0.29, 0.717) is 17.4 Å². The fourth-order valence-corrected chi connectivity index (χ4v) is 3.45. The highest BCUT2D eigenvalue weighted by molar-refractivity contribution is 7.99. The maximum atomic E-state index is 12.2. The van der Waals surface area contributed by atoms with E-state index in [9.17, 15) is 14.7 Å². The molecule has 0 spiro atoms. The number of aryl methyl sites for hydroxylation is 1. The van der Waals surface area contributed by atoms with Gasteiger partial charge in [0.1, 0.15) is 0 Å². The summed E-state index contributed by atoms with van der Waals surface area (Å²) in [5, 5.41) is 22.7. The number of aromatic nitrogens is 3. The molecule has 1 aromatic heterocycles. The van der Waals surface area contributed by atoms with E-state index in [1.165, 1.54) is 29.5 Å². The van der Waals surface area contributed by atoms with Gasteiger partial charge in [0.05, 0.1) is 11.7 Å². The van der Waals surface area contributed by atoms with Crippen LogP contribution in [-0.4, -0.2) is 32.4 Å². The fourth-order valence-electron chi connectivity index (χ4n) is 2.65. The Bertz CT molecular complexity index is 999. The third kappa shape index (κ3) is 4.58. The first-order chi connectivity index (χ1) is 13.5. The number of carbonyl (C=O) groups excluding carboxylic acids is 2. The van der Waals surface area contributed by atoms with Crippen molar-refractivity contribution in [3.05, 3.63) is 59.7 Å². The average Bonchev–Trinajstić information content (AvgIpc) is 3.10. The Hall–Kier alpha value is -3.13. The average molecular weight is 395 g/mol. The first-order valence-electron chi connectivity index (χ1n) is 8.72. The lowest BCUT2D eigenvalue weighted by molar-refractivity contribution is -0.255. The van der Waals surface area contributed by atoms with E-state index in [1.54, 1.807) is 12.1 Å². The van der Waals surface area contributed by atoms with E-state index >= 15 is 0 Å². The number of benzene rings is 2. The van der Waals surface area contributed by atoms with Crippen molar-refractivity contribution in [1.82, 2.24) is 14.8 Å². The van der Waals surface area contributed by atoms with E-state index in [4.69, 9.17) is 0 Å². The van der Waals surface area contributed by atoms with Gasteiger partial charge in [-0.05, 0) is 31.5 Å². The van der Waals surface area contributed by atoms with Gasteiger partial charge in [-0.2, -0.15) is 0 Å². The van der Waals surface area contributed by atoms with Crippen LogP contribution in [0, 0.1) is 6.92 Å². The lowest BCUT2D eigenvalue weighted by Gasteiger charge is -2.09. The second kappa shape index (κ2) is 8.71. The Kier molecular flexibility index (Phi) is 6.10. The lowest BCUT2D eigenvalue weighted by Crippen LogP contribution is -2.22. The molecular formula is C20H19N4O3S-. The molecule has 1 heterocycles. The van der Waals surface area contributed by atoms with Gasteiger partial charge in [-0.1, -0.05) is 53.7 Å². The Morgan fingerprint density at radius 2 is 1.89 bits per heavy atom. The van der Waals surface area contributed by atoms with Gasteiger partial charge in [0.15, 0.2) is 11.0 Å². The molecule has 28 heavy (non-hydrogen) atoms. The third-order valence-corrected chi connectivity index (χ3v) is 5.02. The van der Waals surface area contributed by atoms with Gasteiger partial charge in [-0.25, -0.2) is 0 Å². The number of thioether (sulfide) groups is 1. The van der Waals surface area contributed by atoms with E-state index in [0.717, 1.165) is 11.4 Å². The first kappa shape index (κ1) is 19.6. The van der Waals surface area contributed by atoms with Crippen molar-refractivity contribution in [2.45, 2.75) is 25.5 Å². The van der Waals surface area contributed by atoms with E-state index in [-0.39, 0.29) is 17.2 Å². The molecule has 0 saturated heterocycles. The van der Waals surface area contributed by atoms with Gasteiger partial charge in [0, 0.05) is 17.8 Å². The Labute approximate surface area is 166 Å². The molecule has 0 atom stereocenters. The monoisotopic (exact) mass is 395 g/mol. The molecular weight excluding hydrogens is 376 g/mol. The van der Waals surface area contributed by atoms with Crippen LogP contribution in [0.2, 0.25) is 0 Å². The largest absolute Gasteiger partial charge is 0.545 e. The number of nitrogens with one attached hydrogen (secondary N) is 1. The summed E-state index contributed by atoms with van der Waals surface area (Å²) >= 11 is 1.28. The van der Waals surface area contributed by atoms with Crippen LogP contribution in [0.1, 0.15) is 22.8 Å². The van der Waals surface area contributed by atoms with Gasteiger partial charge in [-0.3, -0.25) is 4.79 Å². The normalized spacial score (nSPS) is 10.6. The lowest BCUT2D eigenvalue weighted by atomic mass is 10.1. The van der Waals surface area contributed by atoms with Crippen LogP contribution in [0.15, 0.2) is 53.7 Å². The Morgan fingerprint density at radius 3 is 2.57 bits per heavy atom. The fraction of sp³-hybridized carbons (Fsp3) is 0.200. The summed E-state index contributed by atoms with van der Waals surface area (Å²) in [6, 6.07) is 14.0. The van der Waals surface area contributed by atoms with Crippen LogP contribution in [0.5, 0.6) is 0 Å². The number of rotatable bonds is 7. The van der Waals surface area contributed by atoms with Gasteiger partial charge in [0.25, 0.3) is 0 Å². The molecule has 0 unspecified atom stereocenters. The predicted molar refractivity (Wildman–Crippen MR) is 106 cm³/mol. The quantitative estimate of drug-likeness (QED) is 0.617. The number of hydrogen-bond donors (Lipinski definition) is 1. The van der Waals surface area contributed by atoms with Crippen molar-refractivity contribution in [2.24, 2.45) is 0 Å². The van der Waals surface area contributed by atoms with Gasteiger partial charge < -0.3 is 19.8 Å². The number of carboxylic acids is 1. The zero-order valence-corrected chi connectivity index (χ0v) is 16.3. The number of carboxylic acid groups (broad SMARTS) is 1. The maximum Gasteiger partial charge on any atom is 0.234 e. The number of anilines is 1. The molecule has 3 rings (SSSR count). The number of carbonyl (C=O) groups is 2. The molecule has 8 heteroatoms. The number of hydrogen-bond acceptors (Lipinski definition) is 6. The molecule has 2 aromatic carbocycles. The van der Waals surface area contributed by atoms with Gasteiger partial charge >= 0.3 is 0 Å². The maximum absolute atomic E-state index is 12.2.